The third-order valence-electron chi connectivity index (χ3n) is 3.41. The first-order chi connectivity index (χ1) is 10.2. The first-order valence-corrected chi connectivity index (χ1v) is 6.99. The number of hydrogen-bond acceptors (Lipinski definition) is 2. The molecule has 4 nitrogen and oxygen atoms in total. The Morgan fingerprint density at radius 2 is 1.86 bits per heavy atom. The fraction of sp³-hybridized carbons (Fsp3) is 0.176. The Balaban J connectivity index is 1.99. The van der Waals surface area contributed by atoms with Gasteiger partial charge in [-0.05, 0) is 38.1 Å². The van der Waals surface area contributed by atoms with Gasteiger partial charge in [-0.25, -0.2) is 0 Å². The molecular weight excluding hydrogens is 262 g/mol. The van der Waals surface area contributed by atoms with Gasteiger partial charge in [0.15, 0.2) is 0 Å². The average molecular weight is 279 g/mol. The Bertz CT molecular complexity index is 775. The van der Waals surface area contributed by atoms with Gasteiger partial charge >= 0.3 is 0 Å². The molecule has 0 aliphatic carbocycles. The average Bonchev–Trinajstić information content (AvgIpc) is 2.92. The SMILES string of the molecule is CC(C)n1ncc2c(C(=O)Nc3ccccc3)cccc21. The van der Waals surface area contributed by atoms with Crippen molar-refractivity contribution in [1.29, 1.82) is 0 Å². The predicted molar refractivity (Wildman–Crippen MR) is 84.5 cm³/mol. The smallest absolute Gasteiger partial charge is 0.256 e. The normalized spacial score (nSPS) is 11.0. The van der Waals surface area contributed by atoms with E-state index in [1.165, 1.54) is 0 Å². The standard InChI is InChI=1S/C17H17N3O/c1-12(2)20-16-10-6-9-14(15(16)11-18-20)17(21)19-13-7-4-3-5-8-13/h3-12H,1-2H3,(H,19,21). The zero-order chi connectivity index (χ0) is 14.8. The first kappa shape index (κ1) is 13.4. The second-order valence-electron chi connectivity index (χ2n) is 5.24. The van der Waals surface area contributed by atoms with E-state index in [4.69, 9.17) is 0 Å². The molecule has 3 rings (SSSR count). The summed E-state index contributed by atoms with van der Waals surface area (Å²) in [6.07, 6.45) is 1.76. The molecule has 0 bridgehead atoms. The fourth-order valence-electron chi connectivity index (χ4n) is 2.40. The van der Waals surface area contributed by atoms with Crippen molar-refractivity contribution in [3.05, 3.63) is 60.3 Å². The van der Waals surface area contributed by atoms with Crippen molar-refractivity contribution < 1.29 is 4.79 Å². The molecule has 0 saturated heterocycles. The van der Waals surface area contributed by atoms with Crippen molar-refractivity contribution in [2.45, 2.75) is 19.9 Å². The highest BCUT2D eigenvalue weighted by atomic mass is 16.1. The lowest BCUT2D eigenvalue weighted by Crippen LogP contribution is -2.12. The van der Waals surface area contributed by atoms with E-state index < -0.39 is 0 Å². The molecule has 0 spiro atoms. The summed E-state index contributed by atoms with van der Waals surface area (Å²) in [7, 11) is 0. The highest BCUT2D eigenvalue weighted by Crippen LogP contribution is 2.22. The Morgan fingerprint density at radius 1 is 1.10 bits per heavy atom. The Kier molecular flexibility index (Phi) is 3.44. The molecule has 1 amide bonds. The van der Waals surface area contributed by atoms with Gasteiger partial charge in [0.2, 0.25) is 0 Å². The van der Waals surface area contributed by atoms with Crippen LogP contribution >= 0.6 is 0 Å². The summed E-state index contributed by atoms with van der Waals surface area (Å²) >= 11 is 0. The number of carbonyl (C=O) groups excluding carboxylic acids is 1. The summed E-state index contributed by atoms with van der Waals surface area (Å²) in [5.74, 6) is -0.116. The number of fused-ring (bicyclic) bond motifs is 1. The number of rotatable bonds is 3. The van der Waals surface area contributed by atoms with Crippen LogP contribution in [0.15, 0.2) is 54.7 Å². The van der Waals surface area contributed by atoms with E-state index in [0.717, 1.165) is 16.6 Å². The van der Waals surface area contributed by atoms with Gasteiger partial charge in [0, 0.05) is 17.1 Å². The number of hydrogen-bond donors (Lipinski definition) is 1. The van der Waals surface area contributed by atoms with Crippen molar-refractivity contribution in [2.24, 2.45) is 0 Å². The monoisotopic (exact) mass is 279 g/mol. The van der Waals surface area contributed by atoms with Crippen LogP contribution in [0, 0.1) is 0 Å². The van der Waals surface area contributed by atoms with Gasteiger partial charge in [0.25, 0.3) is 5.91 Å². The lowest BCUT2D eigenvalue weighted by atomic mass is 10.1. The van der Waals surface area contributed by atoms with Crippen LogP contribution in [-0.2, 0) is 0 Å². The lowest BCUT2D eigenvalue weighted by Gasteiger charge is -2.09. The van der Waals surface area contributed by atoms with Crippen LogP contribution in [-0.4, -0.2) is 15.7 Å². The van der Waals surface area contributed by atoms with E-state index in [-0.39, 0.29) is 11.9 Å². The molecule has 106 valence electrons. The molecule has 0 unspecified atom stereocenters. The summed E-state index contributed by atoms with van der Waals surface area (Å²) in [6.45, 7) is 4.15. The van der Waals surface area contributed by atoms with Crippen LogP contribution in [0.25, 0.3) is 10.9 Å². The lowest BCUT2D eigenvalue weighted by molar-refractivity contribution is 0.102. The topological polar surface area (TPSA) is 46.9 Å². The number of anilines is 1. The highest BCUT2D eigenvalue weighted by molar-refractivity contribution is 6.12. The summed E-state index contributed by atoms with van der Waals surface area (Å²) in [5.41, 5.74) is 2.41. The number of aromatic nitrogens is 2. The van der Waals surface area contributed by atoms with Crippen molar-refractivity contribution in [1.82, 2.24) is 9.78 Å². The van der Waals surface area contributed by atoms with Gasteiger partial charge in [-0.3, -0.25) is 9.48 Å². The molecule has 1 heterocycles. The number of para-hydroxylation sites is 1. The third kappa shape index (κ3) is 2.52. The summed E-state index contributed by atoms with van der Waals surface area (Å²) in [4.78, 5) is 12.5. The molecule has 4 heteroatoms. The molecular formula is C17H17N3O. The highest BCUT2D eigenvalue weighted by Gasteiger charge is 2.14. The Labute approximate surface area is 123 Å². The third-order valence-corrected chi connectivity index (χ3v) is 3.41. The van der Waals surface area contributed by atoms with Crippen LogP contribution in [0.4, 0.5) is 5.69 Å². The minimum atomic E-state index is -0.116. The van der Waals surface area contributed by atoms with Crippen molar-refractivity contribution in [3.63, 3.8) is 0 Å². The summed E-state index contributed by atoms with van der Waals surface area (Å²) in [6, 6.07) is 15.4. The Hall–Kier alpha value is -2.62. The Morgan fingerprint density at radius 3 is 2.57 bits per heavy atom. The molecule has 0 atom stereocenters. The van der Waals surface area contributed by atoms with E-state index in [1.54, 1.807) is 6.20 Å². The molecule has 2 aromatic carbocycles. The number of benzene rings is 2. The van der Waals surface area contributed by atoms with Gasteiger partial charge in [-0.1, -0.05) is 24.3 Å². The molecule has 0 aliphatic heterocycles. The van der Waals surface area contributed by atoms with Gasteiger partial charge in [0.1, 0.15) is 0 Å². The van der Waals surface area contributed by atoms with Gasteiger partial charge in [0.05, 0.1) is 17.3 Å². The van der Waals surface area contributed by atoms with Gasteiger partial charge < -0.3 is 5.32 Å². The van der Waals surface area contributed by atoms with E-state index in [9.17, 15) is 4.79 Å². The number of nitrogens with one attached hydrogen (secondary N) is 1. The van der Waals surface area contributed by atoms with Crippen LogP contribution in [0.5, 0.6) is 0 Å². The van der Waals surface area contributed by atoms with Crippen LogP contribution < -0.4 is 5.32 Å². The summed E-state index contributed by atoms with van der Waals surface area (Å²) < 4.78 is 1.93. The predicted octanol–water partition coefficient (Wildman–Crippen LogP) is 3.87. The molecule has 0 radical (unpaired) electrons. The minimum absolute atomic E-state index is 0.116. The van der Waals surface area contributed by atoms with Crippen LogP contribution in [0.3, 0.4) is 0 Å². The summed E-state index contributed by atoms with van der Waals surface area (Å²) in [5, 5.41) is 8.17. The van der Waals surface area contributed by atoms with Crippen LogP contribution in [0.1, 0.15) is 30.2 Å². The first-order valence-electron chi connectivity index (χ1n) is 6.99. The minimum Gasteiger partial charge on any atom is -0.322 e. The maximum absolute atomic E-state index is 12.5. The maximum Gasteiger partial charge on any atom is 0.256 e. The number of amides is 1. The van der Waals surface area contributed by atoms with Crippen molar-refractivity contribution in [3.8, 4) is 0 Å². The van der Waals surface area contributed by atoms with E-state index in [2.05, 4.69) is 24.3 Å². The van der Waals surface area contributed by atoms with Crippen molar-refractivity contribution >= 4 is 22.5 Å². The molecule has 0 fully saturated rings. The van der Waals surface area contributed by atoms with E-state index in [0.29, 0.717) is 5.56 Å². The maximum atomic E-state index is 12.5. The molecule has 0 aliphatic rings. The number of carbonyl (C=O) groups is 1. The van der Waals surface area contributed by atoms with Gasteiger partial charge in [-0.15, -0.1) is 0 Å². The zero-order valence-electron chi connectivity index (χ0n) is 12.1. The molecule has 1 N–H and O–H groups in total. The quantitative estimate of drug-likeness (QED) is 0.791. The van der Waals surface area contributed by atoms with E-state index in [1.807, 2.05) is 53.2 Å². The second kappa shape index (κ2) is 5.40. The van der Waals surface area contributed by atoms with Gasteiger partial charge in [-0.2, -0.15) is 5.10 Å². The molecule has 0 saturated carbocycles. The fourth-order valence-corrected chi connectivity index (χ4v) is 2.40. The zero-order valence-corrected chi connectivity index (χ0v) is 12.1. The second-order valence-corrected chi connectivity index (χ2v) is 5.24. The molecule has 1 aromatic heterocycles. The van der Waals surface area contributed by atoms with Crippen LogP contribution in [0.2, 0.25) is 0 Å². The number of nitrogens with zero attached hydrogens (tertiary/aromatic N) is 2. The van der Waals surface area contributed by atoms with E-state index >= 15 is 0 Å². The largest absolute Gasteiger partial charge is 0.322 e. The molecule has 21 heavy (non-hydrogen) atoms. The molecule has 3 aromatic rings. The van der Waals surface area contributed by atoms with Crippen molar-refractivity contribution in [2.75, 3.05) is 5.32 Å².